The summed E-state index contributed by atoms with van der Waals surface area (Å²) in [4.78, 5) is 14.2. The van der Waals surface area contributed by atoms with Crippen molar-refractivity contribution in [2.24, 2.45) is 5.41 Å². The van der Waals surface area contributed by atoms with Crippen LogP contribution in [-0.2, 0) is 0 Å². The molecule has 15 heavy (non-hydrogen) atoms. The highest BCUT2D eigenvalue weighted by Crippen LogP contribution is 2.41. The summed E-state index contributed by atoms with van der Waals surface area (Å²) in [5.74, 6) is 0.345. The Bertz CT molecular complexity index is 358. The maximum Gasteiger partial charge on any atom is 0.173 e. The van der Waals surface area contributed by atoms with Gasteiger partial charge < -0.3 is 0 Å². The van der Waals surface area contributed by atoms with Gasteiger partial charge in [0, 0.05) is 11.3 Å². The summed E-state index contributed by atoms with van der Waals surface area (Å²) in [6.45, 7) is 4.32. The van der Waals surface area contributed by atoms with Crippen molar-refractivity contribution in [3.05, 3.63) is 21.9 Å². The molecule has 0 bridgehead atoms. The molecule has 2 rings (SSSR count). The molecule has 0 unspecified atom stereocenters. The van der Waals surface area contributed by atoms with Crippen LogP contribution < -0.4 is 0 Å². The van der Waals surface area contributed by atoms with Crippen molar-refractivity contribution in [3.8, 4) is 0 Å². The molecule has 0 aromatic carbocycles. The summed E-state index contributed by atoms with van der Waals surface area (Å²) in [5, 5.41) is 0. The van der Waals surface area contributed by atoms with Crippen LogP contribution in [0.3, 0.4) is 0 Å². The Kier molecular flexibility index (Phi) is 2.96. The van der Waals surface area contributed by atoms with Gasteiger partial charge in [-0.3, -0.25) is 4.79 Å². The fourth-order valence-corrected chi connectivity index (χ4v) is 3.27. The first kappa shape index (κ1) is 10.9. The van der Waals surface area contributed by atoms with Crippen molar-refractivity contribution in [1.29, 1.82) is 0 Å². The molecule has 0 spiro atoms. The molecule has 1 aliphatic rings. The van der Waals surface area contributed by atoms with E-state index < -0.39 is 0 Å². The predicted octanol–water partition coefficient (Wildman–Crippen LogP) is 4.21. The Balaban J connectivity index is 2.03. The molecular weight excluding hydrogens is 204 g/mol. The van der Waals surface area contributed by atoms with Gasteiger partial charge in [-0.25, -0.2) is 0 Å². The molecule has 1 saturated carbocycles. The summed E-state index contributed by atoms with van der Waals surface area (Å²) in [5.41, 5.74) is 0.287. The first-order valence-electron chi connectivity index (χ1n) is 5.69. The Morgan fingerprint density at radius 2 is 2.07 bits per heavy atom. The molecule has 1 aromatic heterocycles. The third-order valence-electron chi connectivity index (χ3n) is 3.41. The molecule has 0 atom stereocenters. The van der Waals surface area contributed by atoms with E-state index >= 15 is 0 Å². The molecule has 1 heterocycles. The molecule has 82 valence electrons. The number of hydrogen-bond donors (Lipinski definition) is 0. The Labute approximate surface area is 95.5 Å². The SMILES string of the molecule is Cc1ccc(C(=O)CC2(C)CCCC2)s1. The molecule has 1 fully saturated rings. The van der Waals surface area contributed by atoms with Crippen LogP contribution >= 0.6 is 11.3 Å². The lowest BCUT2D eigenvalue weighted by molar-refractivity contribution is 0.0928. The van der Waals surface area contributed by atoms with Gasteiger partial charge in [0.25, 0.3) is 0 Å². The highest BCUT2D eigenvalue weighted by Gasteiger charge is 2.31. The first-order valence-corrected chi connectivity index (χ1v) is 6.50. The van der Waals surface area contributed by atoms with Gasteiger partial charge in [0.1, 0.15) is 0 Å². The predicted molar refractivity (Wildman–Crippen MR) is 64.6 cm³/mol. The van der Waals surface area contributed by atoms with E-state index in [9.17, 15) is 4.79 Å². The highest BCUT2D eigenvalue weighted by molar-refractivity contribution is 7.14. The molecule has 1 aliphatic carbocycles. The second-order valence-electron chi connectivity index (χ2n) is 5.03. The maximum atomic E-state index is 12.0. The van der Waals surface area contributed by atoms with Crippen molar-refractivity contribution < 1.29 is 4.79 Å². The van der Waals surface area contributed by atoms with E-state index in [1.54, 1.807) is 11.3 Å². The molecule has 0 radical (unpaired) electrons. The molecule has 0 amide bonds. The van der Waals surface area contributed by atoms with Crippen LogP contribution in [0.4, 0.5) is 0 Å². The molecule has 0 N–H and O–H groups in total. The van der Waals surface area contributed by atoms with Crippen LogP contribution in [0.25, 0.3) is 0 Å². The Morgan fingerprint density at radius 3 is 2.60 bits per heavy atom. The van der Waals surface area contributed by atoms with Crippen LogP contribution in [0.15, 0.2) is 12.1 Å². The van der Waals surface area contributed by atoms with E-state index in [0.29, 0.717) is 5.78 Å². The van der Waals surface area contributed by atoms with E-state index in [1.807, 2.05) is 12.1 Å². The summed E-state index contributed by atoms with van der Waals surface area (Å²) < 4.78 is 0. The van der Waals surface area contributed by atoms with E-state index in [1.165, 1.54) is 30.6 Å². The van der Waals surface area contributed by atoms with Crippen molar-refractivity contribution in [2.75, 3.05) is 0 Å². The van der Waals surface area contributed by atoms with Gasteiger partial charge in [0.05, 0.1) is 4.88 Å². The second kappa shape index (κ2) is 4.09. The van der Waals surface area contributed by atoms with Crippen LogP contribution in [0.1, 0.15) is 53.6 Å². The van der Waals surface area contributed by atoms with Crippen LogP contribution in [0, 0.1) is 12.3 Å². The van der Waals surface area contributed by atoms with Gasteiger partial charge in [-0.05, 0) is 37.3 Å². The molecular formula is C13H18OS. The Morgan fingerprint density at radius 1 is 1.40 bits per heavy atom. The molecule has 2 heteroatoms. The van der Waals surface area contributed by atoms with Gasteiger partial charge in [-0.2, -0.15) is 0 Å². The Hall–Kier alpha value is -0.630. The number of carbonyl (C=O) groups excluding carboxylic acids is 1. The van der Waals surface area contributed by atoms with Gasteiger partial charge in [-0.15, -0.1) is 11.3 Å². The number of thiophene rings is 1. The summed E-state index contributed by atoms with van der Waals surface area (Å²) >= 11 is 1.63. The van der Waals surface area contributed by atoms with Crippen LogP contribution in [-0.4, -0.2) is 5.78 Å². The average Bonchev–Trinajstić information content (AvgIpc) is 2.75. The van der Waals surface area contributed by atoms with E-state index in [0.717, 1.165) is 11.3 Å². The zero-order valence-electron chi connectivity index (χ0n) is 9.51. The zero-order valence-corrected chi connectivity index (χ0v) is 10.3. The van der Waals surface area contributed by atoms with E-state index in [4.69, 9.17) is 0 Å². The fraction of sp³-hybridized carbons (Fsp3) is 0.615. The van der Waals surface area contributed by atoms with Gasteiger partial charge in [-0.1, -0.05) is 19.8 Å². The summed E-state index contributed by atoms with van der Waals surface area (Å²) in [7, 11) is 0. The van der Waals surface area contributed by atoms with E-state index in [2.05, 4.69) is 13.8 Å². The van der Waals surface area contributed by atoms with Gasteiger partial charge >= 0.3 is 0 Å². The number of aryl methyl sites for hydroxylation is 1. The smallest absolute Gasteiger partial charge is 0.173 e. The van der Waals surface area contributed by atoms with Crippen molar-refractivity contribution in [3.63, 3.8) is 0 Å². The number of carbonyl (C=O) groups is 1. The monoisotopic (exact) mass is 222 g/mol. The molecule has 0 aliphatic heterocycles. The fourth-order valence-electron chi connectivity index (χ4n) is 2.46. The van der Waals surface area contributed by atoms with Crippen molar-refractivity contribution >= 4 is 17.1 Å². The quantitative estimate of drug-likeness (QED) is 0.700. The minimum atomic E-state index is 0.287. The van der Waals surface area contributed by atoms with Crippen molar-refractivity contribution in [1.82, 2.24) is 0 Å². The lowest BCUT2D eigenvalue weighted by atomic mass is 9.83. The average molecular weight is 222 g/mol. The standard InChI is InChI=1S/C13H18OS/c1-10-5-6-12(15-10)11(14)9-13(2)7-3-4-8-13/h5-6H,3-4,7-9H2,1-2H3. The summed E-state index contributed by atoms with van der Waals surface area (Å²) in [6.07, 6.45) is 5.79. The number of rotatable bonds is 3. The van der Waals surface area contributed by atoms with Gasteiger partial charge in [0.15, 0.2) is 5.78 Å². The zero-order chi connectivity index (χ0) is 10.9. The lowest BCUT2D eigenvalue weighted by Gasteiger charge is -2.21. The largest absolute Gasteiger partial charge is 0.293 e. The van der Waals surface area contributed by atoms with Crippen molar-refractivity contribution in [2.45, 2.75) is 46.0 Å². The normalized spacial score (nSPS) is 19.3. The number of ketones is 1. The van der Waals surface area contributed by atoms with Gasteiger partial charge in [0.2, 0.25) is 0 Å². The highest BCUT2D eigenvalue weighted by atomic mass is 32.1. The van der Waals surface area contributed by atoms with E-state index in [-0.39, 0.29) is 5.41 Å². The maximum absolute atomic E-state index is 12.0. The summed E-state index contributed by atoms with van der Waals surface area (Å²) in [6, 6.07) is 4.01. The molecule has 1 nitrogen and oxygen atoms in total. The molecule has 1 aromatic rings. The third kappa shape index (κ3) is 2.49. The first-order chi connectivity index (χ1) is 7.09. The lowest BCUT2D eigenvalue weighted by Crippen LogP contribution is -2.16. The topological polar surface area (TPSA) is 17.1 Å². The minimum Gasteiger partial charge on any atom is -0.293 e. The third-order valence-corrected chi connectivity index (χ3v) is 4.45. The molecule has 0 saturated heterocycles. The second-order valence-corrected chi connectivity index (χ2v) is 6.32. The minimum absolute atomic E-state index is 0.287. The number of Topliss-reactive ketones (excluding diaryl/α,β-unsaturated/α-hetero) is 1. The van der Waals surface area contributed by atoms with Crippen LogP contribution in [0.5, 0.6) is 0 Å². The van der Waals surface area contributed by atoms with Crippen LogP contribution in [0.2, 0.25) is 0 Å². The number of hydrogen-bond acceptors (Lipinski definition) is 2.